The third-order valence-electron chi connectivity index (χ3n) is 4.99. The van der Waals surface area contributed by atoms with Crippen LogP contribution in [0.1, 0.15) is 32.9 Å². The standard InChI is InChI=1S/C19H21N5O2/c1-22-17-13-23(11-15-4-2-3-14(9-15)10-20)12-16(17)18(21-22)19(25)24-5-7-26-8-6-24/h2-4,9H,5-8,11-13H2,1H3. The number of carbonyl (C=O) groups excluding carboxylic acids is 1. The molecule has 0 aliphatic carbocycles. The molecule has 2 aliphatic heterocycles. The SMILES string of the molecule is Cn1nc(C(=O)N2CCOCC2)c2c1CN(Cc1cccc(C#N)c1)C2. The number of aryl methyl sites for hydroxylation is 1. The molecule has 1 fully saturated rings. The lowest BCUT2D eigenvalue weighted by atomic mass is 10.1. The number of ether oxygens (including phenoxy) is 1. The molecule has 26 heavy (non-hydrogen) atoms. The Morgan fingerprint density at radius 2 is 2.12 bits per heavy atom. The zero-order valence-corrected chi connectivity index (χ0v) is 14.8. The van der Waals surface area contributed by atoms with Gasteiger partial charge in [-0.1, -0.05) is 12.1 Å². The van der Waals surface area contributed by atoms with E-state index in [1.54, 1.807) is 0 Å². The first-order valence-electron chi connectivity index (χ1n) is 8.79. The summed E-state index contributed by atoms with van der Waals surface area (Å²) in [6, 6.07) is 9.85. The van der Waals surface area contributed by atoms with Crippen molar-refractivity contribution in [3.63, 3.8) is 0 Å². The number of benzene rings is 1. The Labute approximate surface area is 152 Å². The van der Waals surface area contributed by atoms with Gasteiger partial charge in [-0.3, -0.25) is 14.4 Å². The van der Waals surface area contributed by atoms with Crippen LogP contribution in [0.15, 0.2) is 24.3 Å². The van der Waals surface area contributed by atoms with Gasteiger partial charge in [0.25, 0.3) is 5.91 Å². The molecule has 0 atom stereocenters. The fourth-order valence-electron chi connectivity index (χ4n) is 3.66. The second-order valence-electron chi connectivity index (χ2n) is 6.76. The number of carbonyl (C=O) groups is 1. The number of fused-ring (bicyclic) bond motifs is 1. The predicted octanol–water partition coefficient (Wildman–Crippen LogP) is 1.28. The molecule has 0 unspecified atom stereocenters. The van der Waals surface area contributed by atoms with Crippen LogP contribution in [-0.2, 0) is 31.4 Å². The van der Waals surface area contributed by atoms with Crippen molar-refractivity contribution in [2.75, 3.05) is 26.3 Å². The minimum Gasteiger partial charge on any atom is -0.378 e. The van der Waals surface area contributed by atoms with E-state index in [0.717, 1.165) is 29.9 Å². The molecule has 7 nitrogen and oxygen atoms in total. The largest absolute Gasteiger partial charge is 0.378 e. The highest BCUT2D eigenvalue weighted by Crippen LogP contribution is 2.28. The Balaban J connectivity index is 1.52. The first kappa shape index (κ1) is 16.8. The Morgan fingerprint density at radius 3 is 2.88 bits per heavy atom. The van der Waals surface area contributed by atoms with Gasteiger partial charge < -0.3 is 9.64 Å². The molecule has 0 saturated carbocycles. The van der Waals surface area contributed by atoms with Crippen molar-refractivity contribution in [2.45, 2.75) is 19.6 Å². The van der Waals surface area contributed by atoms with Crippen LogP contribution in [-0.4, -0.2) is 51.8 Å². The fourth-order valence-corrected chi connectivity index (χ4v) is 3.66. The molecule has 0 radical (unpaired) electrons. The summed E-state index contributed by atoms with van der Waals surface area (Å²) in [6.45, 7) is 4.61. The summed E-state index contributed by atoms with van der Waals surface area (Å²) in [5, 5.41) is 13.6. The van der Waals surface area contributed by atoms with Gasteiger partial charge in [-0.05, 0) is 17.7 Å². The molecule has 1 amide bonds. The summed E-state index contributed by atoms with van der Waals surface area (Å²) < 4.78 is 7.16. The fraction of sp³-hybridized carbons (Fsp3) is 0.421. The van der Waals surface area contributed by atoms with Crippen LogP contribution in [0.5, 0.6) is 0 Å². The van der Waals surface area contributed by atoms with Crippen LogP contribution in [0.4, 0.5) is 0 Å². The minimum absolute atomic E-state index is 0.00141. The molecule has 2 aromatic rings. The maximum atomic E-state index is 12.9. The molecule has 0 N–H and O–H groups in total. The van der Waals surface area contributed by atoms with E-state index in [4.69, 9.17) is 10.00 Å². The smallest absolute Gasteiger partial charge is 0.274 e. The molecule has 0 bridgehead atoms. The van der Waals surface area contributed by atoms with Crippen molar-refractivity contribution in [1.82, 2.24) is 19.6 Å². The minimum atomic E-state index is -0.00141. The van der Waals surface area contributed by atoms with Crippen LogP contribution in [0.25, 0.3) is 0 Å². The van der Waals surface area contributed by atoms with Crippen molar-refractivity contribution in [2.24, 2.45) is 7.05 Å². The quantitative estimate of drug-likeness (QED) is 0.833. The number of hydrogen-bond acceptors (Lipinski definition) is 5. The number of rotatable bonds is 3. The van der Waals surface area contributed by atoms with E-state index in [2.05, 4.69) is 16.1 Å². The topological polar surface area (TPSA) is 74.4 Å². The summed E-state index contributed by atoms with van der Waals surface area (Å²) >= 11 is 0. The zero-order valence-electron chi connectivity index (χ0n) is 14.8. The van der Waals surface area contributed by atoms with Crippen LogP contribution in [0, 0.1) is 11.3 Å². The van der Waals surface area contributed by atoms with E-state index in [0.29, 0.717) is 44.1 Å². The molecule has 0 spiro atoms. The van der Waals surface area contributed by atoms with E-state index in [9.17, 15) is 4.79 Å². The van der Waals surface area contributed by atoms with Gasteiger partial charge >= 0.3 is 0 Å². The molecule has 7 heteroatoms. The summed E-state index contributed by atoms with van der Waals surface area (Å²) in [7, 11) is 1.90. The van der Waals surface area contributed by atoms with Gasteiger partial charge in [0.1, 0.15) is 0 Å². The molecule has 1 aromatic carbocycles. The Morgan fingerprint density at radius 1 is 1.31 bits per heavy atom. The number of amides is 1. The second kappa shape index (κ2) is 6.90. The highest BCUT2D eigenvalue weighted by Gasteiger charge is 2.32. The lowest BCUT2D eigenvalue weighted by Crippen LogP contribution is -2.41. The predicted molar refractivity (Wildman–Crippen MR) is 94.0 cm³/mol. The van der Waals surface area contributed by atoms with Crippen LogP contribution >= 0.6 is 0 Å². The summed E-state index contributed by atoms with van der Waals surface area (Å²) in [5.74, 6) is -0.00141. The van der Waals surface area contributed by atoms with Crippen molar-refractivity contribution in [3.05, 3.63) is 52.3 Å². The third-order valence-corrected chi connectivity index (χ3v) is 4.99. The molecule has 3 heterocycles. The van der Waals surface area contributed by atoms with Crippen LogP contribution < -0.4 is 0 Å². The first-order chi connectivity index (χ1) is 12.7. The number of nitrogens with zero attached hydrogens (tertiary/aromatic N) is 5. The van der Waals surface area contributed by atoms with E-state index < -0.39 is 0 Å². The average Bonchev–Trinajstić information content (AvgIpc) is 3.22. The van der Waals surface area contributed by atoms with Gasteiger partial charge in [-0.15, -0.1) is 0 Å². The maximum Gasteiger partial charge on any atom is 0.274 e. The van der Waals surface area contributed by atoms with E-state index in [-0.39, 0.29) is 5.91 Å². The van der Waals surface area contributed by atoms with Gasteiger partial charge in [0, 0.05) is 45.3 Å². The normalized spacial score (nSPS) is 17.2. The van der Waals surface area contributed by atoms with Crippen molar-refractivity contribution < 1.29 is 9.53 Å². The lowest BCUT2D eigenvalue weighted by Gasteiger charge is -2.26. The lowest BCUT2D eigenvalue weighted by molar-refractivity contribution is 0.0297. The van der Waals surface area contributed by atoms with Crippen molar-refractivity contribution >= 4 is 5.91 Å². The molecule has 4 rings (SSSR count). The first-order valence-corrected chi connectivity index (χ1v) is 8.79. The highest BCUT2D eigenvalue weighted by atomic mass is 16.5. The van der Waals surface area contributed by atoms with Crippen LogP contribution in [0.3, 0.4) is 0 Å². The molecule has 134 valence electrons. The maximum absolute atomic E-state index is 12.9. The Bertz CT molecular complexity index is 877. The third kappa shape index (κ3) is 3.09. The molecule has 1 aromatic heterocycles. The van der Waals surface area contributed by atoms with Crippen molar-refractivity contribution in [1.29, 1.82) is 5.26 Å². The van der Waals surface area contributed by atoms with Gasteiger partial charge in [-0.2, -0.15) is 10.4 Å². The monoisotopic (exact) mass is 351 g/mol. The van der Waals surface area contributed by atoms with Gasteiger partial charge in [0.05, 0.1) is 30.5 Å². The van der Waals surface area contributed by atoms with E-state index >= 15 is 0 Å². The van der Waals surface area contributed by atoms with E-state index in [1.165, 1.54) is 0 Å². The molecule has 2 aliphatic rings. The van der Waals surface area contributed by atoms with Gasteiger partial charge in [0.2, 0.25) is 0 Å². The summed E-state index contributed by atoms with van der Waals surface area (Å²) in [4.78, 5) is 17.0. The number of aromatic nitrogens is 2. The Hall–Kier alpha value is -2.69. The highest BCUT2D eigenvalue weighted by molar-refractivity contribution is 5.94. The second-order valence-corrected chi connectivity index (χ2v) is 6.76. The number of hydrogen-bond donors (Lipinski definition) is 0. The van der Waals surface area contributed by atoms with Gasteiger partial charge in [0.15, 0.2) is 5.69 Å². The van der Waals surface area contributed by atoms with Gasteiger partial charge in [-0.25, -0.2) is 0 Å². The van der Waals surface area contributed by atoms with E-state index in [1.807, 2.05) is 40.9 Å². The zero-order chi connectivity index (χ0) is 18.1. The molecular formula is C19H21N5O2. The number of morpholine rings is 1. The Kier molecular flexibility index (Phi) is 4.45. The summed E-state index contributed by atoms with van der Waals surface area (Å²) in [5.41, 5.74) is 4.46. The average molecular weight is 351 g/mol. The summed E-state index contributed by atoms with van der Waals surface area (Å²) in [6.07, 6.45) is 0. The molecule has 1 saturated heterocycles. The molecular weight excluding hydrogens is 330 g/mol. The van der Waals surface area contributed by atoms with Crippen LogP contribution in [0.2, 0.25) is 0 Å². The number of nitriles is 1. The van der Waals surface area contributed by atoms with Crippen molar-refractivity contribution in [3.8, 4) is 6.07 Å².